The van der Waals surface area contributed by atoms with E-state index in [1.165, 1.54) is 11.3 Å². The van der Waals surface area contributed by atoms with Gasteiger partial charge in [-0.3, -0.25) is 4.79 Å². The molecule has 0 spiro atoms. The van der Waals surface area contributed by atoms with Gasteiger partial charge in [-0.2, -0.15) is 0 Å². The van der Waals surface area contributed by atoms with Crippen molar-refractivity contribution in [1.29, 1.82) is 0 Å². The molecule has 20 heavy (non-hydrogen) atoms. The molecule has 104 valence electrons. The van der Waals surface area contributed by atoms with Gasteiger partial charge in [-0.15, -0.1) is 22.9 Å². The van der Waals surface area contributed by atoms with Gasteiger partial charge in [-0.1, -0.05) is 11.6 Å². The van der Waals surface area contributed by atoms with Gasteiger partial charge in [0.25, 0.3) is 0 Å². The monoisotopic (exact) mass is 327 g/mol. The summed E-state index contributed by atoms with van der Waals surface area (Å²) in [6, 6.07) is 5.53. The van der Waals surface area contributed by atoms with Gasteiger partial charge in [0, 0.05) is 10.7 Å². The average molecular weight is 328 g/mol. The van der Waals surface area contributed by atoms with Gasteiger partial charge in [0.2, 0.25) is 5.91 Å². The van der Waals surface area contributed by atoms with E-state index in [1.54, 1.807) is 13.2 Å². The Hall–Kier alpha value is -1.23. The Kier molecular flexibility index (Phi) is 3.63. The van der Waals surface area contributed by atoms with Crippen LogP contribution in [0.1, 0.15) is 21.4 Å². The molecule has 1 atom stereocenters. The molecule has 1 aliphatic rings. The van der Waals surface area contributed by atoms with Crippen molar-refractivity contribution in [2.75, 3.05) is 12.4 Å². The highest BCUT2D eigenvalue weighted by atomic mass is 35.5. The molecule has 0 aliphatic carbocycles. The molecule has 1 amide bonds. The first-order valence-corrected chi connectivity index (χ1v) is 7.67. The van der Waals surface area contributed by atoms with E-state index in [-0.39, 0.29) is 5.91 Å². The highest BCUT2D eigenvalue weighted by Gasteiger charge is 2.24. The van der Waals surface area contributed by atoms with Gasteiger partial charge in [0.1, 0.15) is 5.75 Å². The third-order valence-corrected chi connectivity index (χ3v) is 5.10. The van der Waals surface area contributed by atoms with Crippen molar-refractivity contribution in [3.63, 3.8) is 0 Å². The van der Waals surface area contributed by atoms with Gasteiger partial charge in [0.15, 0.2) is 0 Å². The van der Waals surface area contributed by atoms with E-state index in [2.05, 4.69) is 5.32 Å². The standard InChI is InChI=1S/C14H11Cl2NO2S/c1-19-11-2-3-20-14(11)13(16)8-4-7-5-12(18)17-10(7)6-9(8)15/h2-4,6,13H,5H2,1H3,(H,17,18). The van der Waals surface area contributed by atoms with E-state index < -0.39 is 5.38 Å². The molecule has 0 bridgehead atoms. The van der Waals surface area contributed by atoms with Crippen LogP contribution in [0.25, 0.3) is 0 Å². The second kappa shape index (κ2) is 5.28. The van der Waals surface area contributed by atoms with Crippen LogP contribution in [-0.4, -0.2) is 13.0 Å². The SMILES string of the molecule is COc1ccsc1C(Cl)c1cc2c(cc1Cl)NC(=O)C2. The van der Waals surface area contributed by atoms with Crippen LogP contribution in [0.3, 0.4) is 0 Å². The molecule has 6 heteroatoms. The molecule has 1 aromatic heterocycles. The predicted molar refractivity (Wildman–Crippen MR) is 82.4 cm³/mol. The van der Waals surface area contributed by atoms with Crippen molar-refractivity contribution >= 4 is 46.1 Å². The average Bonchev–Trinajstić information content (AvgIpc) is 3.01. The Bertz CT molecular complexity index is 684. The Morgan fingerprint density at radius 2 is 2.25 bits per heavy atom. The van der Waals surface area contributed by atoms with E-state index in [4.69, 9.17) is 27.9 Å². The predicted octanol–water partition coefficient (Wildman–Crippen LogP) is 4.23. The zero-order chi connectivity index (χ0) is 14.3. The number of rotatable bonds is 3. The Morgan fingerprint density at radius 3 is 3.00 bits per heavy atom. The van der Waals surface area contributed by atoms with E-state index >= 15 is 0 Å². The summed E-state index contributed by atoms with van der Waals surface area (Å²) in [5, 5.41) is 4.85. The van der Waals surface area contributed by atoms with E-state index in [0.29, 0.717) is 11.4 Å². The van der Waals surface area contributed by atoms with Crippen molar-refractivity contribution in [3.05, 3.63) is 44.6 Å². The maximum atomic E-state index is 11.4. The van der Waals surface area contributed by atoms with Gasteiger partial charge in [-0.05, 0) is 34.7 Å². The Balaban J connectivity index is 2.03. The maximum Gasteiger partial charge on any atom is 0.228 e. The van der Waals surface area contributed by atoms with Crippen molar-refractivity contribution in [1.82, 2.24) is 0 Å². The van der Waals surface area contributed by atoms with Crippen molar-refractivity contribution < 1.29 is 9.53 Å². The molecular weight excluding hydrogens is 317 g/mol. The number of nitrogens with one attached hydrogen (secondary N) is 1. The highest BCUT2D eigenvalue weighted by Crippen LogP contribution is 2.43. The summed E-state index contributed by atoms with van der Waals surface area (Å²) < 4.78 is 5.29. The molecule has 1 aromatic carbocycles. The summed E-state index contributed by atoms with van der Waals surface area (Å²) >= 11 is 14.4. The lowest BCUT2D eigenvalue weighted by molar-refractivity contribution is -0.115. The second-order valence-corrected chi connectivity index (χ2v) is 6.26. The molecule has 0 saturated carbocycles. The smallest absolute Gasteiger partial charge is 0.228 e. The summed E-state index contributed by atoms with van der Waals surface area (Å²) in [7, 11) is 1.61. The maximum absolute atomic E-state index is 11.4. The minimum atomic E-state index is -0.390. The summed E-state index contributed by atoms with van der Waals surface area (Å²) in [4.78, 5) is 12.3. The van der Waals surface area contributed by atoms with Crippen LogP contribution >= 0.6 is 34.5 Å². The van der Waals surface area contributed by atoms with Crippen LogP contribution in [0.15, 0.2) is 23.6 Å². The topological polar surface area (TPSA) is 38.3 Å². The summed E-state index contributed by atoms with van der Waals surface area (Å²) in [5.41, 5.74) is 2.49. The fourth-order valence-electron chi connectivity index (χ4n) is 2.27. The zero-order valence-electron chi connectivity index (χ0n) is 10.6. The number of benzene rings is 1. The number of hydrogen-bond acceptors (Lipinski definition) is 3. The molecule has 1 N–H and O–H groups in total. The molecule has 2 heterocycles. The molecule has 1 aliphatic heterocycles. The lowest BCUT2D eigenvalue weighted by atomic mass is 10.0. The Labute approximate surface area is 130 Å². The van der Waals surface area contributed by atoms with E-state index in [0.717, 1.165) is 27.4 Å². The third kappa shape index (κ3) is 2.28. The largest absolute Gasteiger partial charge is 0.496 e. The van der Waals surface area contributed by atoms with Crippen LogP contribution in [0, 0.1) is 0 Å². The molecule has 3 rings (SSSR count). The fraction of sp³-hybridized carbons (Fsp3) is 0.214. The van der Waals surface area contributed by atoms with E-state index in [9.17, 15) is 4.79 Å². The molecule has 2 aromatic rings. The summed E-state index contributed by atoms with van der Waals surface area (Å²) in [6.07, 6.45) is 0.366. The molecule has 0 fully saturated rings. The number of thiophene rings is 1. The number of methoxy groups -OCH3 is 1. The normalized spacial score (nSPS) is 14.8. The van der Waals surface area contributed by atoms with Crippen LogP contribution in [0.4, 0.5) is 5.69 Å². The zero-order valence-corrected chi connectivity index (χ0v) is 12.9. The minimum Gasteiger partial charge on any atom is -0.496 e. The lowest BCUT2D eigenvalue weighted by Gasteiger charge is -2.13. The van der Waals surface area contributed by atoms with Crippen molar-refractivity contribution in [3.8, 4) is 5.75 Å². The van der Waals surface area contributed by atoms with Gasteiger partial charge in [0.05, 0.1) is 23.8 Å². The number of halogens is 2. The first-order chi connectivity index (χ1) is 9.60. The van der Waals surface area contributed by atoms with Gasteiger partial charge in [-0.25, -0.2) is 0 Å². The van der Waals surface area contributed by atoms with Crippen LogP contribution in [-0.2, 0) is 11.2 Å². The summed E-state index contributed by atoms with van der Waals surface area (Å²) in [6.45, 7) is 0. The second-order valence-electron chi connectivity index (χ2n) is 4.47. The number of alkyl halides is 1. The molecular formula is C14H11Cl2NO2S. The number of anilines is 1. The van der Waals surface area contributed by atoms with Crippen LogP contribution < -0.4 is 10.1 Å². The first kappa shape index (κ1) is 13.7. The highest BCUT2D eigenvalue weighted by molar-refractivity contribution is 7.10. The number of hydrogen-bond donors (Lipinski definition) is 1. The first-order valence-electron chi connectivity index (χ1n) is 5.97. The van der Waals surface area contributed by atoms with Crippen molar-refractivity contribution in [2.24, 2.45) is 0 Å². The molecule has 0 radical (unpaired) electrons. The van der Waals surface area contributed by atoms with Crippen LogP contribution in [0.2, 0.25) is 5.02 Å². The van der Waals surface area contributed by atoms with Crippen molar-refractivity contribution in [2.45, 2.75) is 11.8 Å². The molecule has 3 nitrogen and oxygen atoms in total. The van der Waals surface area contributed by atoms with E-state index in [1.807, 2.05) is 17.5 Å². The summed E-state index contributed by atoms with van der Waals surface area (Å²) in [5.74, 6) is 0.730. The number of amides is 1. The Morgan fingerprint density at radius 1 is 1.45 bits per heavy atom. The van der Waals surface area contributed by atoms with Gasteiger partial charge < -0.3 is 10.1 Å². The number of ether oxygens (including phenoxy) is 1. The van der Waals surface area contributed by atoms with Crippen LogP contribution in [0.5, 0.6) is 5.75 Å². The lowest BCUT2D eigenvalue weighted by Crippen LogP contribution is -2.03. The number of carbonyl (C=O) groups excluding carboxylic acids is 1. The molecule has 0 saturated heterocycles. The quantitative estimate of drug-likeness (QED) is 0.856. The molecule has 1 unspecified atom stereocenters. The third-order valence-electron chi connectivity index (χ3n) is 3.23. The minimum absolute atomic E-state index is 0.0203. The fourth-order valence-corrected chi connectivity index (χ4v) is 3.89. The van der Waals surface area contributed by atoms with Gasteiger partial charge >= 0.3 is 0 Å². The number of fused-ring (bicyclic) bond motifs is 1. The number of carbonyl (C=O) groups is 1.